The van der Waals surface area contributed by atoms with E-state index in [0.29, 0.717) is 0 Å². The maximum Gasteiger partial charge on any atom is 0.128 e. The van der Waals surface area contributed by atoms with E-state index >= 15 is 0 Å². The van der Waals surface area contributed by atoms with Crippen LogP contribution in [0.1, 0.15) is 30.0 Å². The van der Waals surface area contributed by atoms with Gasteiger partial charge >= 0.3 is 0 Å². The second kappa shape index (κ2) is 7.79. The van der Waals surface area contributed by atoms with Crippen LogP contribution in [0.25, 0.3) is 0 Å². The zero-order valence-electron chi connectivity index (χ0n) is 13.3. The number of pyridine rings is 1. The molecule has 0 saturated carbocycles. The first kappa shape index (κ1) is 15.5. The van der Waals surface area contributed by atoms with E-state index in [1.165, 1.54) is 16.7 Å². The van der Waals surface area contributed by atoms with Crippen molar-refractivity contribution in [3.63, 3.8) is 0 Å². The van der Waals surface area contributed by atoms with Crippen molar-refractivity contribution in [2.45, 2.75) is 33.4 Å². The summed E-state index contributed by atoms with van der Waals surface area (Å²) in [5.41, 5.74) is 3.84. The molecular weight excluding hydrogens is 258 g/mol. The van der Waals surface area contributed by atoms with Crippen LogP contribution in [-0.2, 0) is 13.1 Å². The van der Waals surface area contributed by atoms with Gasteiger partial charge in [0.05, 0.1) is 0 Å². The molecule has 1 heterocycles. The molecule has 3 nitrogen and oxygen atoms in total. The average Bonchev–Trinajstić information content (AvgIpc) is 2.48. The molecule has 3 heteroatoms. The highest BCUT2D eigenvalue weighted by atomic mass is 15.2. The summed E-state index contributed by atoms with van der Waals surface area (Å²) in [7, 11) is 2.08. The number of rotatable bonds is 7. The third kappa shape index (κ3) is 4.87. The van der Waals surface area contributed by atoms with Gasteiger partial charge in [0.25, 0.3) is 0 Å². The lowest BCUT2D eigenvalue weighted by molar-refractivity contribution is 0.673. The molecule has 2 aromatic rings. The first-order valence-corrected chi connectivity index (χ1v) is 7.61. The summed E-state index contributed by atoms with van der Waals surface area (Å²) in [6.07, 6.45) is 3.12. The van der Waals surface area contributed by atoms with Crippen molar-refractivity contribution in [1.29, 1.82) is 0 Å². The van der Waals surface area contributed by atoms with E-state index in [4.69, 9.17) is 0 Å². The smallest absolute Gasteiger partial charge is 0.128 e. The Morgan fingerprint density at radius 3 is 2.67 bits per heavy atom. The van der Waals surface area contributed by atoms with Crippen LogP contribution in [0.3, 0.4) is 0 Å². The number of nitrogens with one attached hydrogen (secondary N) is 1. The lowest BCUT2D eigenvalue weighted by atomic mass is 10.1. The molecule has 0 aliphatic heterocycles. The third-order valence-corrected chi connectivity index (χ3v) is 3.46. The first-order chi connectivity index (χ1) is 10.2. The van der Waals surface area contributed by atoms with Gasteiger partial charge in [-0.3, -0.25) is 0 Å². The summed E-state index contributed by atoms with van der Waals surface area (Å²) in [4.78, 5) is 6.74. The molecular formula is C18H25N3. The van der Waals surface area contributed by atoms with Crippen molar-refractivity contribution in [1.82, 2.24) is 10.3 Å². The summed E-state index contributed by atoms with van der Waals surface area (Å²) < 4.78 is 0. The van der Waals surface area contributed by atoms with Crippen LogP contribution >= 0.6 is 0 Å². The molecule has 21 heavy (non-hydrogen) atoms. The van der Waals surface area contributed by atoms with Crippen molar-refractivity contribution in [2.24, 2.45) is 0 Å². The van der Waals surface area contributed by atoms with E-state index in [1.807, 2.05) is 6.20 Å². The van der Waals surface area contributed by atoms with Crippen LogP contribution in [0.4, 0.5) is 5.82 Å². The predicted octanol–water partition coefficient (Wildman–Crippen LogP) is 3.53. The first-order valence-electron chi connectivity index (χ1n) is 7.61. The van der Waals surface area contributed by atoms with Gasteiger partial charge in [-0.15, -0.1) is 0 Å². The van der Waals surface area contributed by atoms with Crippen molar-refractivity contribution < 1.29 is 0 Å². The Labute approximate surface area is 128 Å². The average molecular weight is 283 g/mol. The summed E-state index contributed by atoms with van der Waals surface area (Å²) in [5.74, 6) is 1.01. The van der Waals surface area contributed by atoms with Crippen LogP contribution in [0, 0.1) is 6.92 Å². The topological polar surface area (TPSA) is 28.2 Å². The van der Waals surface area contributed by atoms with Crippen molar-refractivity contribution in [3.05, 3.63) is 59.3 Å². The minimum atomic E-state index is 0.877. The van der Waals surface area contributed by atoms with Crippen molar-refractivity contribution >= 4 is 5.82 Å². The highest BCUT2D eigenvalue weighted by molar-refractivity contribution is 5.39. The van der Waals surface area contributed by atoms with E-state index in [9.17, 15) is 0 Å². The molecule has 0 atom stereocenters. The van der Waals surface area contributed by atoms with E-state index in [-0.39, 0.29) is 0 Å². The van der Waals surface area contributed by atoms with Crippen LogP contribution in [0.5, 0.6) is 0 Å². The van der Waals surface area contributed by atoms with Gasteiger partial charge in [-0.25, -0.2) is 4.98 Å². The van der Waals surface area contributed by atoms with Crippen molar-refractivity contribution in [3.8, 4) is 0 Å². The molecule has 112 valence electrons. The summed E-state index contributed by atoms with van der Waals surface area (Å²) in [6.45, 7) is 7.12. The van der Waals surface area contributed by atoms with E-state index in [1.54, 1.807) is 0 Å². The Hall–Kier alpha value is -1.87. The zero-order valence-corrected chi connectivity index (χ0v) is 13.3. The fourth-order valence-electron chi connectivity index (χ4n) is 2.32. The second-order valence-corrected chi connectivity index (χ2v) is 5.55. The van der Waals surface area contributed by atoms with Crippen molar-refractivity contribution in [2.75, 3.05) is 18.5 Å². The summed E-state index contributed by atoms with van der Waals surface area (Å²) >= 11 is 0. The number of benzene rings is 1. The molecule has 0 fully saturated rings. The minimum Gasteiger partial charge on any atom is -0.355 e. The molecule has 0 bridgehead atoms. The fraction of sp³-hybridized carbons (Fsp3) is 0.389. The van der Waals surface area contributed by atoms with Gasteiger partial charge in [-0.1, -0.05) is 42.8 Å². The molecule has 0 amide bonds. The maximum atomic E-state index is 4.56. The monoisotopic (exact) mass is 283 g/mol. The molecule has 1 aromatic carbocycles. The van der Waals surface area contributed by atoms with Crippen LogP contribution in [0.15, 0.2) is 42.6 Å². The standard InChI is InChI=1S/C18H25N3/c1-4-10-19-12-17-8-9-18(20-13-17)21(3)14-16-7-5-6-15(2)11-16/h5-9,11,13,19H,4,10,12,14H2,1-3H3. The van der Waals surface area contributed by atoms with Gasteiger partial charge in [0.15, 0.2) is 0 Å². The van der Waals surface area contributed by atoms with Crippen LogP contribution in [-0.4, -0.2) is 18.6 Å². The Bertz CT molecular complexity index is 549. The summed E-state index contributed by atoms with van der Waals surface area (Å²) in [6, 6.07) is 12.9. The number of aromatic nitrogens is 1. The Morgan fingerprint density at radius 1 is 1.14 bits per heavy atom. The summed E-state index contributed by atoms with van der Waals surface area (Å²) in [5, 5.41) is 3.39. The number of nitrogens with zero attached hydrogens (tertiary/aromatic N) is 2. The fourth-order valence-corrected chi connectivity index (χ4v) is 2.32. The minimum absolute atomic E-state index is 0.877. The largest absolute Gasteiger partial charge is 0.355 e. The highest BCUT2D eigenvalue weighted by Crippen LogP contribution is 2.14. The Balaban J connectivity index is 1.94. The molecule has 0 saturated heterocycles. The van der Waals surface area contributed by atoms with E-state index in [0.717, 1.165) is 31.9 Å². The molecule has 0 spiro atoms. The van der Waals surface area contributed by atoms with Gasteiger partial charge in [0.2, 0.25) is 0 Å². The lowest BCUT2D eigenvalue weighted by Crippen LogP contribution is -2.18. The number of hydrogen-bond acceptors (Lipinski definition) is 3. The highest BCUT2D eigenvalue weighted by Gasteiger charge is 2.04. The lowest BCUT2D eigenvalue weighted by Gasteiger charge is -2.18. The SMILES string of the molecule is CCCNCc1ccc(N(C)Cc2cccc(C)c2)nc1. The van der Waals surface area contributed by atoms with Gasteiger partial charge in [0.1, 0.15) is 5.82 Å². The number of anilines is 1. The third-order valence-electron chi connectivity index (χ3n) is 3.46. The van der Waals surface area contributed by atoms with Gasteiger partial charge < -0.3 is 10.2 Å². The zero-order chi connectivity index (χ0) is 15.1. The molecule has 0 radical (unpaired) electrons. The Morgan fingerprint density at radius 2 is 2.00 bits per heavy atom. The van der Waals surface area contributed by atoms with Gasteiger partial charge in [-0.2, -0.15) is 0 Å². The molecule has 1 N–H and O–H groups in total. The molecule has 0 aliphatic carbocycles. The molecule has 1 aromatic heterocycles. The van der Waals surface area contributed by atoms with Gasteiger partial charge in [0, 0.05) is 26.3 Å². The quantitative estimate of drug-likeness (QED) is 0.788. The number of aryl methyl sites for hydroxylation is 1. The molecule has 0 aliphatic rings. The predicted molar refractivity (Wildman–Crippen MR) is 89.5 cm³/mol. The second-order valence-electron chi connectivity index (χ2n) is 5.55. The normalized spacial score (nSPS) is 10.6. The van der Waals surface area contributed by atoms with E-state index in [2.05, 4.69) is 72.5 Å². The molecule has 0 unspecified atom stereocenters. The van der Waals surface area contributed by atoms with E-state index < -0.39 is 0 Å². The number of hydrogen-bond donors (Lipinski definition) is 1. The van der Waals surface area contributed by atoms with Gasteiger partial charge in [-0.05, 0) is 37.1 Å². The maximum absolute atomic E-state index is 4.56. The Kier molecular flexibility index (Phi) is 5.76. The van der Waals surface area contributed by atoms with Crippen LogP contribution < -0.4 is 10.2 Å². The molecule has 2 rings (SSSR count). The van der Waals surface area contributed by atoms with Crippen LogP contribution in [0.2, 0.25) is 0 Å².